The molecule has 0 N–H and O–H groups in total. The van der Waals surface area contributed by atoms with Gasteiger partial charge in [-0.3, -0.25) is 19.3 Å². The van der Waals surface area contributed by atoms with Gasteiger partial charge in [-0.1, -0.05) is 11.6 Å². The van der Waals surface area contributed by atoms with Crippen LogP contribution in [0.2, 0.25) is 5.02 Å². The van der Waals surface area contributed by atoms with Crippen LogP contribution in [0.5, 0.6) is 11.5 Å². The third kappa shape index (κ3) is 5.80. The van der Waals surface area contributed by atoms with Gasteiger partial charge in [-0.25, -0.2) is 0 Å². The molecule has 33 heavy (non-hydrogen) atoms. The molecule has 2 amide bonds. The van der Waals surface area contributed by atoms with Crippen LogP contribution in [0.1, 0.15) is 5.56 Å². The molecule has 9 nitrogen and oxygen atoms in total. The second kappa shape index (κ2) is 10.3. The average Bonchev–Trinajstić information content (AvgIpc) is 3.02. The van der Waals surface area contributed by atoms with E-state index in [-0.39, 0.29) is 21.3 Å². The van der Waals surface area contributed by atoms with Crippen molar-refractivity contribution in [3.63, 3.8) is 0 Å². The Kier molecular flexibility index (Phi) is 7.92. The summed E-state index contributed by atoms with van der Waals surface area (Å²) in [5.41, 5.74) is 0.455. The molecule has 0 atom stereocenters. The summed E-state index contributed by atoms with van der Waals surface area (Å²) in [6.45, 7) is -0.491. The number of halogens is 2. The maximum absolute atomic E-state index is 12.7. The predicted molar refractivity (Wildman–Crippen MR) is 130 cm³/mol. The van der Waals surface area contributed by atoms with Crippen molar-refractivity contribution >= 4 is 79.3 Å². The lowest BCUT2D eigenvalue weighted by molar-refractivity contribution is -0.143. The van der Waals surface area contributed by atoms with Crippen molar-refractivity contribution in [2.45, 2.75) is 4.90 Å². The molecule has 0 radical (unpaired) electrons. The monoisotopic (exact) mass is 623 g/mol. The summed E-state index contributed by atoms with van der Waals surface area (Å²) in [6.07, 6.45) is 1.43. The maximum Gasteiger partial charge on any atom is 0.339 e. The number of thioether (sulfide) groups is 1. The lowest BCUT2D eigenvalue weighted by Gasteiger charge is -2.14. The number of methoxy groups -OCH3 is 2. The minimum absolute atomic E-state index is 0.0380. The summed E-state index contributed by atoms with van der Waals surface area (Å²) in [7, 11) is -1.68. The number of ether oxygens (including phenoxy) is 2. The minimum Gasteiger partial charge on any atom is -0.493 e. The molecule has 1 aliphatic rings. The SMILES string of the molecule is COC(=O)CN1C(=O)S/C(=C\c2cc(I)c(OS(=O)(=O)c3ccc(Cl)cc3)c(OC)c2)C1=O. The number of benzene rings is 2. The van der Waals surface area contributed by atoms with Gasteiger partial charge >= 0.3 is 16.1 Å². The van der Waals surface area contributed by atoms with Crippen molar-refractivity contribution in [3.05, 3.63) is 55.5 Å². The molecular weight excluding hydrogens is 609 g/mol. The van der Waals surface area contributed by atoms with Crippen molar-refractivity contribution in [3.8, 4) is 11.5 Å². The van der Waals surface area contributed by atoms with Gasteiger partial charge in [0.1, 0.15) is 11.4 Å². The predicted octanol–water partition coefficient (Wildman–Crippen LogP) is 3.93. The van der Waals surface area contributed by atoms with Gasteiger partial charge < -0.3 is 13.7 Å². The van der Waals surface area contributed by atoms with Crippen LogP contribution in [0.15, 0.2) is 46.2 Å². The van der Waals surface area contributed by atoms with Crippen LogP contribution in [0.4, 0.5) is 4.79 Å². The van der Waals surface area contributed by atoms with E-state index in [9.17, 15) is 22.8 Å². The third-order valence-electron chi connectivity index (χ3n) is 4.23. The molecule has 0 spiro atoms. The number of carbonyl (C=O) groups excluding carboxylic acids is 3. The highest BCUT2D eigenvalue weighted by Crippen LogP contribution is 2.38. The van der Waals surface area contributed by atoms with Gasteiger partial charge in [0.05, 0.1) is 22.7 Å². The van der Waals surface area contributed by atoms with Crippen molar-refractivity contribution < 1.29 is 36.5 Å². The number of hydrogen-bond acceptors (Lipinski definition) is 9. The number of nitrogens with zero attached hydrogens (tertiary/aromatic N) is 1. The summed E-state index contributed by atoms with van der Waals surface area (Å²) in [6, 6.07) is 8.51. The van der Waals surface area contributed by atoms with Gasteiger partial charge in [0, 0.05) is 5.02 Å². The van der Waals surface area contributed by atoms with E-state index >= 15 is 0 Å². The van der Waals surface area contributed by atoms with E-state index in [1.807, 2.05) is 22.6 Å². The molecule has 0 saturated carbocycles. The van der Waals surface area contributed by atoms with Crippen LogP contribution in [0.3, 0.4) is 0 Å². The van der Waals surface area contributed by atoms with Gasteiger partial charge in [0.15, 0.2) is 11.5 Å². The van der Waals surface area contributed by atoms with Crippen LogP contribution in [0, 0.1) is 3.57 Å². The minimum atomic E-state index is -4.17. The standard InChI is InChI=1S/C20H15ClINO8S2/c1-29-15-8-11(9-16-19(25)23(20(26)32-16)10-17(24)30-2)7-14(22)18(15)31-33(27,28)13-5-3-12(21)4-6-13/h3-9H,10H2,1-2H3/b16-9-. The summed E-state index contributed by atoms with van der Waals surface area (Å²) in [4.78, 5) is 36.8. The second-order valence-corrected chi connectivity index (χ2v) is 10.5. The molecule has 0 aromatic heterocycles. The zero-order valence-electron chi connectivity index (χ0n) is 17.0. The molecule has 2 aromatic rings. The molecule has 1 heterocycles. The molecule has 1 fully saturated rings. The normalized spacial score (nSPS) is 15.2. The summed E-state index contributed by atoms with van der Waals surface area (Å²) < 4.78 is 40.8. The Hall–Kier alpha value is -2.29. The first kappa shape index (κ1) is 25.3. The van der Waals surface area contributed by atoms with Crippen molar-refractivity contribution in [2.24, 2.45) is 0 Å². The van der Waals surface area contributed by atoms with E-state index in [0.29, 0.717) is 25.9 Å². The Balaban J connectivity index is 1.91. The number of amides is 2. The zero-order chi connectivity index (χ0) is 24.3. The van der Waals surface area contributed by atoms with Gasteiger partial charge in [-0.2, -0.15) is 8.42 Å². The molecule has 13 heteroatoms. The highest BCUT2D eigenvalue weighted by atomic mass is 127. The number of imide groups is 1. The van der Waals surface area contributed by atoms with Crippen LogP contribution >= 0.6 is 46.0 Å². The van der Waals surface area contributed by atoms with E-state index in [0.717, 1.165) is 12.0 Å². The fourth-order valence-corrected chi connectivity index (χ4v) is 5.45. The lowest BCUT2D eigenvalue weighted by atomic mass is 10.2. The summed E-state index contributed by atoms with van der Waals surface area (Å²) in [5, 5.41) is -0.228. The fraction of sp³-hybridized carbons (Fsp3) is 0.150. The van der Waals surface area contributed by atoms with Gasteiger partial charge in [0.25, 0.3) is 11.1 Å². The third-order valence-corrected chi connectivity index (χ3v) is 7.43. The van der Waals surface area contributed by atoms with Crippen LogP contribution in [-0.4, -0.2) is 51.2 Å². The van der Waals surface area contributed by atoms with E-state index in [2.05, 4.69) is 4.74 Å². The first-order chi connectivity index (χ1) is 15.6. The largest absolute Gasteiger partial charge is 0.493 e. The smallest absolute Gasteiger partial charge is 0.339 e. The molecule has 0 unspecified atom stereocenters. The van der Waals surface area contributed by atoms with Crippen molar-refractivity contribution in [1.29, 1.82) is 0 Å². The quantitative estimate of drug-likeness (QED) is 0.196. The molecule has 2 aromatic carbocycles. The first-order valence-corrected chi connectivity index (χ1v) is 12.6. The highest BCUT2D eigenvalue weighted by Gasteiger charge is 2.36. The Morgan fingerprint density at radius 1 is 1.18 bits per heavy atom. The van der Waals surface area contributed by atoms with E-state index < -0.39 is 33.8 Å². The van der Waals surface area contributed by atoms with Crippen LogP contribution in [0.25, 0.3) is 6.08 Å². The van der Waals surface area contributed by atoms with Gasteiger partial charge in [-0.15, -0.1) is 0 Å². The summed E-state index contributed by atoms with van der Waals surface area (Å²) in [5.74, 6) is -1.31. The lowest BCUT2D eigenvalue weighted by Crippen LogP contribution is -2.34. The number of hydrogen-bond donors (Lipinski definition) is 0. The van der Waals surface area contributed by atoms with Gasteiger partial charge in [0.2, 0.25) is 0 Å². The number of carbonyl (C=O) groups is 3. The molecule has 174 valence electrons. The highest BCUT2D eigenvalue weighted by molar-refractivity contribution is 14.1. The number of rotatable bonds is 7. The second-order valence-electron chi connectivity index (χ2n) is 6.37. The van der Waals surface area contributed by atoms with Crippen LogP contribution < -0.4 is 8.92 Å². The average molecular weight is 624 g/mol. The van der Waals surface area contributed by atoms with Crippen LogP contribution in [-0.2, 0) is 24.4 Å². The summed E-state index contributed by atoms with van der Waals surface area (Å²) >= 11 is 8.35. The van der Waals surface area contributed by atoms with E-state index in [1.165, 1.54) is 43.5 Å². The molecule has 1 saturated heterocycles. The fourth-order valence-electron chi connectivity index (χ4n) is 2.64. The van der Waals surface area contributed by atoms with Crippen molar-refractivity contribution in [2.75, 3.05) is 20.8 Å². The van der Waals surface area contributed by atoms with Gasteiger partial charge in [-0.05, 0) is 82.4 Å². The molecule has 0 bridgehead atoms. The van der Waals surface area contributed by atoms with E-state index in [4.69, 9.17) is 20.5 Å². The molecule has 3 rings (SSSR count). The Bertz CT molecular complexity index is 1260. The zero-order valence-corrected chi connectivity index (χ0v) is 21.6. The Morgan fingerprint density at radius 2 is 1.85 bits per heavy atom. The maximum atomic E-state index is 12.7. The van der Waals surface area contributed by atoms with E-state index in [1.54, 1.807) is 6.07 Å². The number of esters is 1. The molecule has 0 aliphatic carbocycles. The molecule has 1 aliphatic heterocycles. The Morgan fingerprint density at radius 3 is 2.45 bits per heavy atom. The first-order valence-electron chi connectivity index (χ1n) is 8.95. The van der Waals surface area contributed by atoms with Crippen molar-refractivity contribution in [1.82, 2.24) is 4.90 Å². The Labute approximate surface area is 212 Å². The molecular formula is C20H15ClINO8S2. The topological polar surface area (TPSA) is 116 Å².